The van der Waals surface area contributed by atoms with Crippen LogP contribution in [0.25, 0.3) is 0 Å². The van der Waals surface area contributed by atoms with Crippen molar-refractivity contribution in [2.75, 3.05) is 18.4 Å². The van der Waals surface area contributed by atoms with E-state index in [1.165, 1.54) is 0 Å². The van der Waals surface area contributed by atoms with Gasteiger partial charge in [0.25, 0.3) is 0 Å². The number of nitrogens with one attached hydrogen (secondary N) is 2. The molecule has 1 aliphatic rings. The summed E-state index contributed by atoms with van der Waals surface area (Å²) in [5, 5.41) is 5.07. The maximum Gasteiger partial charge on any atom is 0.573 e. The first kappa shape index (κ1) is 20.8. The Kier molecular flexibility index (Phi) is 6.50. The lowest BCUT2D eigenvalue weighted by Gasteiger charge is -2.33. The van der Waals surface area contributed by atoms with Crippen LogP contribution in [0.3, 0.4) is 0 Å². The summed E-state index contributed by atoms with van der Waals surface area (Å²) >= 11 is 0. The molecule has 27 heavy (non-hydrogen) atoms. The number of benzene rings is 1. The van der Waals surface area contributed by atoms with Crippen molar-refractivity contribution in [2.24, 2.45) is 5.92 Å². The Hall–Kier alpha value is -2.52. The molecule has 1 fully saturated rings. The molecule has 1 saturated heterocycles. The second-order valence-corrected chi connectivity index (χ2v) is 6.55. The van der Waals surface area contributed by atoms with Crippen molar-refractivity contribution in [1.29, 1.82) is 0 Å². The molecule has 2 rings (SSSR count). The molecule has 2 N–H and O–H groups in total. The van der Waals surface area contributed by atoms with Gasteiger partial charge in [0.15, 0.2) is 11.6 Å². The molecule has 0 unspecified atom stereocenters. The molecular weight excluding hydrogens is 370 g/mol. The SMILES string of the molecule is CC(C)C(=O)N1CCC(NC(=O)Nc2ccc(OC(F)(F)F)c(F)c2)CC1. The fourth-order valence-electron chi connectivity index (χ4n) is 2.75. The molecule has 0 atom stereocenters. The Bertz CT molecular complexity index is 686. The van der Waals surface area contributed by atoms with Gasteiger partial charge in [-0.1, -0.05) is 13.8 Å². The predicted octanol–water partition coefficient (Wildman–Crippen LogP) is 3.49. The fourth-order valence-corrected chi connectivity index (χ4v) is 2.75. The second kappa shape index (κ2) is 8.45. The Morgan fingerprint density at radius 2 is 1.85 bits per heavy atom. The number of anilines is 1. The first-order valence-corrected chi connectivity index (χ1v) is 8.47. The number of hydrogen-bond donors (Lipinski definition) is 2. The van der Waals surface area contributed by atoms with Crippen molar-refractivity contribution in [3.8, 4) is 5.75 Å². The zero-order valence-electron chi connectivity index (χ0n) is 14.9. The van der Waals surface area contributed by atoms with Crippen molar-refractivity contribution in [3.05, 3.63) is 24.0 Å². The largest absolute Gasteiger partial charge is 0.573 e. The molecule has 3 amide bonds. The number of halogens is 4. The summed E-state index contributed by atoms with van der Waals surface area (Å²) < 4.78 is 53.5. The van der Waals surface area contributed by atoms with Gasteiger partial charge in [-0.25, -0.2) is 9.18 Å². The molecule has 0 spiro atoms. The lowest BCUT2D eigenvalue weighted by molar-refractivity contribution is -0.275. The highest BCUT2D eigenvalue weighted by molar-refractivity contribution is 5.89. The maximum absolute atomic E-state index is 13.6. The van der Waals surface area contributed by atoms with Crippen molar-refractivity contribution in [3.63, 3.8) is 0 Å². The van der Waals surface area contributed by atoms with Crippen LogP contribution in [-0.2, 0) is 4.79 Å². The minimum absolute atomic E-state index is 0.00746. The van der Waals surface area contributed by atoms with Gasteiger partial charge in [-0.15, -0.1) is 13.2 Å². The third-order valence-corrected chi connectivity index (χ3v) is 4.05. The van der Waals surface area contributed by atoms with Crippen LogP contribution >= 0.6 is 0 Å². The van der Waals surface area contributed by atoms with Gasteiger partial charge in [0, 0.05) is 36.8 Å². The van der Waals surface area contributed by atoms with Gasteiger partial charge in [-0.2, -0.15) is 0 Å². The number of rotatable bonds is 4. The lowest BCUT2D eigenvalue weighted by Crippen LogP contribution is -2.48. The zero-order valence-corrected chi connectivity index (χ0v) is 14.9. The van der Waals surface area contributed by atoms with E-state index in [-0.39, 0.29) is 23.6 Å². The normalized spacial score (nSPS) is 15.6. The van der Waals surface area contributed by atoms with Gasteiger partial charge >= 0.3 is 12.4 Å². The minimum Gasteiger partial charge on any atom is -0.403 e. The van der Waals surface area contributed by atoms with Crippen molar-refractivity contribution >= 4 is 17.6 Å². The number of alkyl halides is 3. The highest BCUT2D eigenvalue weighted by Crippen LogP contribution is 2.27. The third kappa shape index (κ3) is 6.30. The average Bonchev–Trinajstić information content (AvgIpc) is 2.56. The maximum atomic E-state index is 13.6. The summed E-state index contributed by atoms with van der Waals surface area (Å²) in [5.74, 6) is -2.24. The first-order chi connectivity index (χ1) is 12.5. The van der Waals surface area contributed by atoms with Gasteiger partial charge in [0.05, 0.1) is 0 Å². The smallest absolute Gasteiger partial charge is 0.403 e. The molecule has 0 bridgehead atoms. The Morgan fingerprint density at radius 1 is 1.22 bits per heavy atom. The van der Waals surface area contributed by atoms with Crippen LogP contribution in [0.4, 0.5) is 28.0 Å². The minimum atomic E-state index is -5.00. The van der Waals surface area contributed by atoms with Gasteiger partial charge in [0.2, 0.25) is 5.91 Å². The molecule has 0 saturated carbocycles. The standard InChI is InChI=1S/C17H21F4N3O3/c1-10(2)15(25)24-7-5-11(6-8-24)22-16(26)23-12-3-4-14(13(18)9-12)27-17(19,20)21/h3-4,9-11H,5-8H2,1-2H3,(H2,22,23,26). The van der Waals surface area contributed by atoms with Gasteiger partial charge in [0.1, 0.15) is 0 Å². The molecule has 1 heterocycles. The first-order valence-electron chi connectivity index (χ1n) is 8.47. The second-order valence-electron chi connectivity index (χ2n) is 6.55. The summed E-state index contributed by atoms with van der Waals surface area (Å²) in [6.45, 7) is 4.70. The molecule has 1 aromatic rings. The van der Waals surface area contributed by atoms with E-state index in [1.54, 1.807) is 4.90 Å². The zero-order chi connectivity index (χ0) is 20.2. The van der Waals surface area contributed by atoms with E-state index in [2.05, 4.69) is 15.4 Å². The number of urea groups is 1. The van der Waals surface area contributed by atoms with Crippen LogP contribution in [-0.4, -0.2) is 42.3 Å². The molecule has 1 aliphatic heterocycles. The molecule has 0 aromatic heterocycles. The predicted molar refractivity (Wildman–Crippen MR) is 89.7 cm³/mol. The van der Waals surface area contributed by atoms with Crippen molar-refractivity contribution in [2.45, 2.75) is 39.1 Å². The Labute approximate surface area is 153 Å². The molecular formula is C17H21F4N3O3. The number of hydrogen-bond acceptors (Lipinski definition) is 3. The molecule has 1 aromatic carbocycles. The lowest BCUT2D eigenvalue weighted by atomic mass is 10.0. The summed E-state index contributed by atoms with van der Waals surface area (Å²) in [6, 6.07) is 1.87. The molecule has 0 aliphatic carbocycles. The fraction of sp³-hybridized carbons (Fsp3) is 0.529. The van der Waals surface area contributed by atoms with Crippen LogP contribution in [0.1, 0.15) is 26.7 Å². The summed E-state index contributed by atoms with van der Waals surface area (Å²) in [7, 11) is 0. The van der Waals surface area contributed by atoms with E-state index in [1.807, 2.05) is 13.8 Å². The molecule has 6 nitrogen and oxygen atoms in total. The van der Waals surface area contributed by atoms with E-state index in [9.17, 15) is 27.2 Å². The van der Waals surface area contributed by atoms with E-state index < -0.39 is 24.0 Å². The molecule has 150 valence electrons. The van der Waals surface area contributed by atoms with E-state index in [0.29, 0.717) is 25.9 Å². The highest BCUT2D eigenvalue weighted by Gasteiger charge is 2.32. The van der Waals surface area contributed by atoms with Crippen LogP contribution in [0, 0.1) is 11.7 Å². The van der Waals surface area contributed by atoms with Gasteiger partial charge in [-0.3, -0.25) is 4.79 Å². The quantitative estimate of drug-likeness (QED) is 0.772. The van der Waals surface area contributed by atoms with Crippen LogP contribution in [0.15, 0.2) is 18.2 Å². The highest BCUT2D eigenvalue weighted by atomic mass is 19.4. The number of nitrogens with zero attached hydrogens (tertiary/aromatic N) is 1. The monoisotopic (exact) mass is 391 g/mol. The summed E-state index contributed by atoms with van der Waals surface area (Å²) in [5.41, 5.74) is -0.00746. The van der Waals surface area contributed by atoms with Gasteiger partial charge in [-0.05, 0) is 25.0 Å². The van der Waals surface area contributed by atoms with Crippen LogP contribution in [0.5, 0.6) is 5.75 Å². The molecule has 0 radical (unpaired) electrons. The van der Waals surface area contributed by atoms with Crippen molar-refractivity contribution < 1.29 is 31.9 Å². The molecule has 10 heteroatoms. The number of ether oxygens (including phenoxy) is 1. The van der Waals surface area contributed by atoms with Gasteiger partial charge < -0.3 is 20.3 Å². The summed E-state index contributed by atoms with van der Waals surface area (Å²) in [4.78, 5) is 25.7. The van der Waals surface area contributed by atoms with Crippen molar-refractivity contribution in [1.82, 2.24) is 10.2 Å². The van der Waals surface area contributed by atoms with E-state index in [0.717, 1.165) is 18.2 Å². The van der Waals surface area contributed by atoms with E-state index >= 15 is 0 Å². The number of amides is 3. The number of carbonyl (C=O) groups is 2. The average molecular weight is 391 g/mol. The van der Waals surface area contributed by atoms with E-state index in [4.69, 9.17) is 0 Å². The number of likely N-dealkylation sites (tertiary alicyclic amines) is 1. The van der Waals surface area contributed by atoms with Crippen LogP contribution in [0.2, 0.25) is 0 Å². The summed E-state index contributed by atoms with van der Waals surface area (Å²) in [6.07, 6.45) is -3.84. The Morgan fingerprint density at radius 3 is 2.37 bits per heavy atom. The number of carbonyl (C=O) groups excluding carboxylic acids is 2. The topological polar surface area (TPSA) is 70.7 Å². The Balaban J connectivity index is 1.84. The van der Waals surface area contributed by atoms with Crippen LogP contribution < -0.4 is 15.4 Å². The third-order valence-electron chi connectivity index (χ3n) is 4.05. The number of piperidine rings is 1.